The lowest BCUT2D eigenvalue weighted by Crippen LogP contribution is -2.23. The number of anilines is 1. The molecule has 0 radical (unpaired) electrons. The Hall–Kier alpha value is -3.16. The van der Waals surface area contributed by atoms with Crippen LogP contribution in [0.3, 0.4) is 0 Å². The number of nitrogens with zero attached hydrogens (tertiary/aromatic N) is 2. The zero-order chi connectivity index (χ0) is 16.4. The van der Waals surface area contributed by atoms with E-state index in [0.717, 1.165) is 18.2 Å². The SMILES string of the molecule is O=C(Oc1ccc(N2CCCC2=O)cc1)c1ccc([N+](=O)[O-])o1. The highest BCUT2D eigenvalue weighted by molar-refractivity contribution is 5.95. The van der Waals surface area contributed by atoms with Crippen molar-refractivity contribution < 1.29 is 23.7 Å². The van der Waals surface area contributed by atoms with Crippen LogP contribution in [-0.4, -0.2) is 23.3 Å². The van der Waals surface area contributed by atoms with Crippen molar-refractivity contribution in [2.45, 2.75) is 12.8 Å². The van der Waals surface area contributed by atoms with Gasteiger partial charge in [0.2, 0.25) is 11.7 Å². The number of nitro groups is 1. The molecule has 1 aliphatic rings. The molecule has 2 heterocycles. The van der Waals surface area contributed by atoms with E-state index in [9.17, 15) is 19.7 Å². The molecule has 0 N–H and O–H groups in total. The molecule has 23 heavy (non-hydrogen) atoms. The summed E-state index contributed by atoms with van der Waals surface area (Å²) in [7, 11) is 0. The van der Waals surface area contributed by atoms with Crippen LogP contribution in [0.1, 0.15) is 23.4 Å². The minimum absolute atomic E-state index is 0.0673. The average Bonchev–Trinajstić information content (AvgIpc) is 3.17. The fraction of sp³-hybridized carbons (Fsp3) is 0.200. The predicted octanol–water partition coefficient (Wildman–Crippen LogP) is 2.53. The number of hydrogen-bond donors (Lipinski definition) is 0. The molecule has 1 aromatic heterocycles. The highest BCUT2D eigenvalue weighted by Gasteiger charge is 2.22. The van der Waals surface area contributed by atoms with Gasteiger partial charge in [-0.15, -0.1) is 0 Å². The van der Waals surface area contributed by atoms with Crippen molar-refractivity contribution >= 4 is 23.4 Å². The monoisotopic (exact) mass is 316 g/mol. The minimum Gasteiger partial charge on any atom is -0.421 e. The van der Waals surface area contributed by atoms with E-state index in [1.807, 2.05) is 0 Å². The highest BCUT2D eigenvalue weighted by atomic mass is 16.7. The van der Waals surface area contributed by atoms with Gasteiger partial charge in [0.05, 0.1) is 6.07 Å². The van der Waals surface area contributed by atoms with Crippen molar-refractivity contribution in [2.75, 3.05) is 11.4 Å². The number of benzene rings is 1. The predicted molar refractivity (Wildman–Crippen MR) is 78.3 cm³/mol. The molecule has 3 rings (SSSR count). The normalized spacial score (nSPS) is 14.1. The molecule has 0 saturated carbocycles. The summed E-state index contributed by atoms with van der Waals surface area (Å²) in [6, 6.07) is 8.72. The van der Waals surface area contributed by atoms with Crippen LogP contribution in [0.4, 0.5) is 11.6 Å². The van der Waals surface area contributed by atoms with Gasteiger partial charge in [0.1, 0.15) is 10.7 Å². The van der Waals surface area contributed by atoms with Crippen molar-refractivity contribution in [1.29, 1.82) is 0 Å². The third-order valence-corrected chi connectivity index (χ3v) is 3.41. The number of esters is 1. The van der Waals surface area contributed by atoms with Crippen molar-refractivity contribution in [3.05, 3.63) is 52.3 Å². The quantitative estimate of drug-likeness (QED) is 0.371. The van der Waals surface area contributed by atoms with Crippen LogP contribution in [0, 0.1) is 10.1 Å². The van der Waals surface area contributed by atoms with Crippen LogP contribution in [0.5, 0.6) is 5.75 Å². The largest absolute Gasteiger partial charge is 0.433 e. The van der Waals surface area contributed by atoms with Crippen molar-refractivity contribution in [3.63, 3.8) is 0 Å². The number of amides is 1. The third-order valence-electron chi connectivity index (χ3n) is 3.41. The first-order chi connectivity index (χ1) is 11.0. The molecule has 8 nitrogen and oxygen atoms in total. The van der Waals surface area contributed by atoms with Crippen LogP contribution in [-0.2, 0) is 4.79 Å². The van der Waals surface area contributed by atoms with Gasteiger partial charge in [-0.1, -0.05) is 0 Å². The van der Waals surface area contributed by atoms with Gasteiger partial charge in [-0.05, 0) is 36.8 Å². The summed E-state index contributed by atoms with van der Waals surface area (Å²) in [5.41, 5.74) is 0.737. The van der Waals surface area contributed by atoms with Crippen LogP contribution in [0.25, 0.3) is 0 Å². The Morgan fingerprint density at radius 2 is 1.96 bits per heavy atom. The van der Waals surface area contributed by atoms with E-state index in [2.05, 4.69) is 0 Å². The van der Waals surface area contributed by atoms with Crippen LogP contribution in [0.15, 0.2) is 40.8 Å². The maximum atomic E-state index is 11.8. The Labute approximate surface area is 130 Å². The molecule has 1 amide bonds. The fourth-order valence-electron chi connectivity index (χ4n) is 2.31. The maximum Gasteiger partial charge on any atom is 0.433 e. The number of carbonyl (C=O) groups is 2. The number of furan rings is 1. The molecule has 0 atom stereocenters. The lowest BCUT2D eigenvalue weighted by atomic mass is 10.3. The molecular weight excluding hydrogens is 304 g/mol. The Kier molecular flexibility index (Phi) is 3.80. The lowest BCUT2D eigenvalue weighted by molar-refractivity contribution is -0.402. The van der Waals surface area contributed by atoms with E-state index in [0.29, 0.717) is 13.0 Å². The summed E-state index contributed by atoms with van der Waals surface area (Å²) < 4.78 is 9.85. The van der Waals surface area contributed by atoms with E-state index in [-0.39, 0.29) is 17.4 Å². The van der Waals surface area contributed by atoms with Crippen molar-refractivity contribution in [2.24, 2.45) is 0 Å². The van der Waals surface area contributed by atoms with Gasteiger partial charge in [-0.3, -0.25) is 14.9 Å². The fourth-order valence-corrected chi connectivity index (χ4v) is 2.31. The van der Waals surface area contributed by atoms with Crippen LogP contribution in [0.2, 0.25) is 0 Å². The molecule has 2 aromatic rings. The second kappa shape index (κ2) is 5.91. The first kappa shape index (κ1) is 14.8. The van der Waals surface area contributed by atoms with Gasteiger partial charge < -0.3 is 14.1 Å². The third kappa shape index (κ3) is 3.05. The summed E-state index contributed by atoms with van der Waals surface area (Å²) in [6.45, 7) is 0.675. The number of ether oxygens (including phenoxy) is 1. The second-order valence-corrected chi connectivity index (χ2v) is 4.93. The maximum absolute atomic E-state index is 11.8. The topological polar surface area (TPSA) is 103 Å². The summed E-state index contributed by atoms with van der Waals surface area (Å²) in [5.74, 6) is -1.29. The van der Waals surface area contributed by atoms with Crippen LogP contribution >= 0.6 is 0 Å². The molecule has 1 aromatic carbocycles. The van der Waals surface area contributed by atoms with E-state index >= 15 is 0 Å². The molecule has 1 aliphatic heterocycles. The average molecular weight is 316 g/mol. The molecule has 1 fully saturated rings. The molecule has 1 saturated heterocycles. The van der Waals surface area contributed by atoms with E-state index in [1.165, 1.54) is 6.07 Å². The first-order valence-electron chi connectivity index (χ1n) is 6.91. The Balaban J connectivity index is 1.68. The van der Waals surface area contributed by atoms with Crippen molar-refractivity contribution in [1.82, 2.24) is 0 Å². The number of carbonyl (C=O) groups excluding carboxylic acids is 2. The molecule has 118 valence electrons. The van der Waals surface area contributed by atoms with Crippen molar-refractivity contribution in [3.8, 4) is 5.75 Å². The van der Waals surface area contributed by atoms with E-state index < -0.39 is 16.8 Å². The van der Waals surface area contributed by atoms with E-state index in [4.69, 9.17) is 9.15 Å². The molecule has 8 heteroatoms. The van der Waals surface area contributed by atoms with E-state index in [1.54, 1.807) is 29.2 Å². The van der Waals surface area contributed by atoms with Crippen LogP contribution < -0.4 is 9.64 Å². The zero-order valence-electron chi connectivity index (χ0n) is 11.9. The Morgan fingerprint density at radius 3 is 2.52 bits per heavy atom. The molecule has 0 aliphatic carbocycles. The number of rotatable bonds is 4. The highest BCUT2D eigenvalue weighted by Crippen LogP contribution is 2.25. The summed E-state index contributed by atoms with van der Waals surface area (Å²) in [6.07, 6.45) is 1.36. The molecule has 0 spiro atoms. The molecule has 0 bridgehead atoms. The van der Waals surface area contributed by atoms with Gasteiger partial charge in [-0.25, -0.2) is 4.79 Å². The first-order valence-corrected chi connectivity index (χ1v) is 6.91. The minimum atomic E-state index is -0.830. The van der Waals surface area contributed by atoms with Gasteiger partial charge in [0.15, 0.2) is 0 Å². The van der Waals surface area contributed by atoms with Gasteiger partial charge in [0, 0.05) is 18.7 Å². The Morgan fingerprint density at radius 1 is 1.22 bits per heavy atom. The smallest absolute Gasteiger partial charge is 0.421 e. The van der Waals surface area contributed by atoms with Gasteiger partial charge in [0.25, 0.3) is 0 Å². The summed E-state index contributed by atoms with van der Waals surface area (Å²) in [4.78, 5) is 34.9. The number of hydrogen-bond acceptors (Lipinski definition) is 6. The second-order valence-electron chi connectivity index (χ2n) is 4.93. The standard InChI is InChI=1S/C15H12N2O6/c18-13-2-1-9-16(13)10-3-5-11(6-4-10)22-15(19)12-7-8-14(23-12)17(20)21/h3-8H,1-2,9H2. The lowest BCUT2D eigenvalue weighted by Gasteiger charge is -2.15. The summed E-state index contributed by atoms with van der Waals surface area (Å²) in [5, 5.41) is 10.5. The Bertz CT molecular complexity index is 765. The van der Waals surface area contributed by atoms with Gasteiger partial charge >= 0.3 is 11.9 Å². The zero-order valence-corrected chi connectivity index (χ0v) is 11.9. The van der Waals surface area contributed by atoms with Gasteiger partial charge in [-0.2, -0.15) is 0 Å². The molecular formula is C15H12N2O6. The summed E-state index contributed by atoms with van der Waals surface area (Å²) >= 11 is 0. The molecule has 0 unspecified atom stereocenters.